The van der Waals surface area contributed by atoms with E-state index in [4.69, 9.17) is 0 Å². The molecule has 0 aliphatic rings. The van der Waals surface area contributed by atoms with E-state index < -0.39 is 0 Å². The number of hydrogen-bond donors (Lipinski definition) is 2. The smallest absolute Gasteiger partial charge is 0.123 e. The van der Waals surface area contributed by atoms with E-state index in [1.54, 1.807) is 6.07 Å². The molecule has 0 amide bonds. The molecule has 0 fully saturated rings. The zero-order valence-corrected chi connectivity index (χ0v) is 14.5. The SMILES string of the molecule is CC(C)c1cccs1.CNC.Oc1cccc2ccccc12. The van der Waals surface area contributed by atoms with Gasteiger partial charge in [-0.1, -0.05) is 56.3 Å². The Morgan fingerprint density at radius 3 is 2.05 bits per heavy atom. The normalized spacial score (nSPS) is 9.68. The quantitative estimate of drug-likeness (QED) is 0.642. The lowest BCUT2D eigenvalue weighted by molar-refractivity contribution is 0.481. The average molecular weight is 315 g/mol. The van der Waals surface area contributed by atoms with Crippen molar-refractivity contribution < 1.29 is 5.11 Å². The second-order valence-electron chi connectivity index (χ2n) is 5.17. The molecule has 2 nitrogen and oxygen atoms in total. The van der Waals surface area contributed by atoms with Crippen LogP contribution < -0.4 is 5.32 Å². The van der Waals surface area contributed by atoms with Crippen molar-refractivity contribution in [3.8, 4) is 5.75 Å². The van der Waals surface area contributed by atoms with Crippen LogP contribution in [0.25, 0.3) is 10.8 Å². The fourth-order valence-corrected chi connectivity index (χ4v) is 2.57. The molecule has 2 N–H and O–H groups in total. The van der Waals surface area contributed by atoms with Crippen LogP contribution in [0.1, 0.15) is 24.6 Å². The standard InChI is InChI=1S/C10H8O.C7H10S.C2H7N/c11-10-7-3-5-8-4-1-2-6-9(8)10;1-6(2)7-4-3-5-8-7;1-3-2/h1-7,11H;3-6H,1-2H3;3H,1-2H3. The summed E-state index contributed by atoms with van der Waals surface area (Å²) in [5, 5.41) is 16.2. The molecule has 1 heterocycles. The Kier molecular flexibility index (Phi) is 8.26. The van der Waals surface area contributed by atoms with Crippen LogP contribution in [-0.4, -0.2) is 19.2 Å². The van der Waals surface area contributed by atoms with Gasteiger partial charge in [-0.15, -0.1) is 11.3 Å². The molecule has 118 valence electrons. The van der Waals surface area contributed by atoms with Gasteiger partial charge in [-0.25, -0.2) is 0 Å². The zero-order valence-electron chi connectivity index (χ0n) is 13.7. The molecule has 0 unspecified atom stereocenters. The van der Waals surface area contributed by atoms with Crippen molar-refractivity contribution >= 4 is 22.1 Å². The van der Waals surface area contributed by atoms with Crippen molar-refractivity contribution in [3.05, 3.63) is 64.9 Å². The minimum absolute atomic E-state index is 0.350. The van der Waals surface area contributed by atoms with Gasteiger partial charge in [0.2, 0.25) is 0 Å². The maximum atomic E-state index is 9.37. The van der Waals surface area contributed by atoms with E-state index in [1.165, 1.54) is 4.88 Å². The lowest BCUT2D eigenvalue weighted by atomic mass is 10.1. The molecule has 0 saturated heterocycles. The molecule has 0 radical (unpaired) electrons. The zero-order chi connectivity index (χ0) is 16.4. The maximum absolute atomic E-state index is 9.37. The summed E-state index contributed by atoms with van der Waals surface area (Å²) in [7, 11) is 3.75. The molecule has 0 spiro atoms. The number of phenolic OH excluding ortho intramolecular Hbond substituents is 1. The predicted octanol–water partition coefficient (Wildman–Crippen LogP) is 5.25. The van der Waals surface area contributed by atoms with Crippen LogP contribution in [0, 0.1) is 0 Å². The fraction of sp³-hybridized carbons (Fsp3) is 0.263. The Hall–Kier alpha value is -1.84. The van der Waals surface area contributed by atoms with Crippen LogP contribution in [0.4, 0.5) is 0 Å². The number of fused-ring (bicyclic) bond motifs is 1. The molecule has 3 heteroatoms. The van der Waals surface area contributed by atoms with Crippen molar-refractivity contribution in [2.75, 3.05) is 14.1 Å². The van der Waals surface area contributed by atoms with E-state index in [2.05, 4.69) is 36.7 Å². The Labute approximate surface area is 137 Å². The first kappa shape index (κ1) is 18.2. The summed E-state index contributed by atoms with van der Waals surface area (Å²) in [5.41, 5.74) is 0. The Bertz CT molecular complexity index is 642. The molecule has 3 rings (SSSR count). The van der Waals surface area contributed by atoms with Crippen molar-refractivity contribution in [3.63, 3.8) is 0 Å². The van der Waals surface area contributed by atoms with E-state index in [1.807, 2.05) is 61.8 Å². The predicted molar refractivity (Wildman–Crippen MR) is 99.0 cm³/mol. The highest BCUT2D eigenvalue weighted by Crippen LogP contribution is 2.23. The molecular weight excluding hydrogens is 290 g/mol. The van der Waals surface area contributed by atoms with Gasteiger partial charge in [-0.05, 0) is 42.9 Å². The molecule has 1 aromatic heterocycles. The summed E-state index contributed by atoms with van der Waals surface area (Å²) < 4.78 is 0. The monoisotopic (exact) mass is 315 g/mol. The van der Waals surface area contributed by atoms with Crippen LogP contribution in [-0.2, 0) is 0 Å². The number of aromatic hydroxyl groups is 1. The van der Waals surface area contributed by atoms with E-state index in [0.29, 0.717) is 11.7 Å². The maximum Gasteiger partial charge on any atom is 0.123 e. The van der Waals surface area contributed by atoms with Gasteiger partial charge < -0.3 is 10.4 Å². The van der Waals surface area contributed by atoms with Gasteiger partial charge in [0.1, 0.15) is 5.75 Å². The van der Waals surface area contributed by atoms with Crippen LogP contribution in [0.5, 0.6) is 5.75 Å². The molecule has 3 aromatic rings. The molecule has 0 aliphatic carbocycles. The number of benzene rings is 2. The number of rotatable bonds is 1. The minimum Gasteiger partial charge on any atom is -0.507 e. The minimum atomic E-state index is 0.350. The number of phenols is 1. The van der Waals surface area contributed by atoms with Crippen LogP contribution >= 0.6 is 11.3 Å². The van der Waals surface area contributed by atoms with Crippen molar-refractivity contribution in [2.24, 2.45) is 0 Å². The Morgan fingerprint density at radius 1 is 0.909 bits per heavy atom. The van der Waals surface area contributed by atoms with Crippen LogP contribution in [0.3, 0.4) is 0 Å². The number of hydrogen-bond acceptors (Lipinski definition) is 3. The summed E-state index contributed by atoms with van der Waals surface area (Å²) in [4.78, 5) is 1.48. The highest BCUT2D eigenvalue weighted by atomic mass is 32.1. The topological polar surface area (TPSA) is 32.3 Å². The Balaban J connectivity index is 0.000000194. The number of thiophene rings is 1. The third-order valence-corrected chi connectivity index (χ3v) is 4.05. The number of nitrogens with one attached hydrogen (secondary N) is 1. The van der Waals surface area contributed by atoms with Gasteiger partial charge in [-0.2, -0.15) is 0 Å². The van der Waals surface area contributed by atoms with Crippen molar-refractivity contribution in [2.45, 2.75) is 19.8 Å². The molecule has 0 bridgehead atoms. The second kappa shape index (κ2) is 9.98. The van der Waals surface area contributed by atoms with E-state index in [9.17, 15) is 5.11 Å². The third kappa shape index (κ3) is 5.88. The second-order valence-corrected chi connectivity index (χ2v) is 6.15. The van der Waals surface area contributed by atoms with Gasteiger partial charge in [0.15, 0.2) is 0 Å². The Morgan fingerprint density at radius 2 is 1.55 bits per heavy atom. The van der Waals surface area contributed by atoms with Gasteiger partial charge in [0, 0.05) is 10.3 Å². The van der Waals surface area contributed by atoms with E-state index in [-0.39, 0.29) is 0 Å². The van der Waals surface area contributed by atoms with Gasteiger partial charge in [0.05, 0.1) is 0 Å². The fourth-order valence-electron chi connectivity index (χ4n) is 1.83. The first-order valence-corrected chi connectivity index (χ1v) is 8.26. The highest BCUT2D eigenvalue weighted by molar-refractivity contribution is 7.10. The summed E-state index contributed by atoms with van der Waals surface area (Å²) >= 11 is 1.83. The molecule has 0 aliphatic heterocycles. The van der Waals surface area contributed by atoms with Gasteiger partial charge >= 0.3 is 0 Å². The molecule has 0 saturated carbocycles. The highest BCUT2D eigenvalue weighted by Gasteiger charge is 1.96. The lowest BCUT2D eigenvalue weighted by Gasteiger charge is -1.97. The van der Waals surface area contributed by atoms with E-state index >= 15 is 0 Å². The average Bonchev–Trinajstić information content (AvgIpc) is 3.04. The summed E-state index contributed by atoms with van der Waals surface area (Å²) in [6.45, 7) is 4.43. The summed E-state index contributed by atoms with van der Waals surface area (Å²) in [6.07, 6.45) is 0. The molecule has 2 aromatic carbocycles. The molecule has 22 heavy (non-hydrogen) atoms. The first-order valence-electron chi connectivity index (χ1n) is 7.38. The van der Waals surface area contributed by atoms with Gasteiger partial charge in [0.25, 0.3) is 0 Å². The van der Waals surface area contributed by atoms with Crippen molar-refractivity contribution in [1.82, 2.24) is 5.32 Å². The van der Waals surface area contributed by atoms with Crippen LogP contribution in [0.15, 0.2) is 60.0 Å². The summed E-state index contributed by atoms with van der Waals surface area (Å²) in [6, 6.07) is 17.6. The van der Waals surface area contributed by atoms with Crippen molar-refractivity contribution in [1.29, 1.82) is 0 Å². The molecule has 0 atom stereocenters. The summed E-state index contributed by atoms with van der Waals surface area (Å²) in [5.74, 6) is 1.05. The lowest BCUT2D eigenvalue weighted by Crippen LogP contribution is -1.89. The van der Waals surface area contributed by atoms with Crippen LogP contribution in [0.2, 0.25) is 0 Å². The third-order valence-electron chi connectivity index (χ3n) is 2.88. The molecular formula is C19H25NOS. The largest absolute Gasteiger partial charge is 0.507 e. The van der Waals surface area contributed by atoms with E-state index in [0.717, 1.165) is 10.8 Å². The van der Waals surface area contributed by atoms with Gasteiger partial charge in [-0.3, -0.25) is 0 Å². The first-order chi connectivity index (χ1) is 10.6.